The average molecular weight is 258 g/mol. The first-order valence-electron chi connectivity index (χ1n) is 6.32. The average Bonchev–Trinajstić information content (AvgIpc) is 2.38. The molecule has 0 spiro atoms. The van der Waals surface area contributed by atoms with E-state index in [1.54, 1.807) is 0 Å². The van der Waals surface area contributed by atoms with Gasteiger partial charge in [0, 0.05) is 11.6 Å². The fraction of sp³-hybridized carbons (Fsp3) is 0.250. The summed E-state index contributed by atoms with van der Waals surface area (Å²) in [5.41, 5.74) is 5.48. The van der Waals surface area contributed by atoms with Crippen molar-refractivity contribution in [2.24, 2.45) is 0 Å². The first kappa shape index (κ1) is 11.8. The Morgan fingerprint density at radius 2 is 1.89 bits per heavy atom. The van der Waals surface area contributed by atoms with Crippen molar-refractivity contribution in [3.8, 4) is 0 Å². The van der Waals surface area contributed by atoms with Crippen molar-refractivity contribution in [3.05, 3.63) is 69.7 Å². The van der Waals surface area contributed by atoms with E-state index in [0.717, 1.165) is 18.0 Å². The quantitative estimate of drug-likeness (QED) is 0.818. The van der Waals surface area contributed by atoms with Gasteiger partial charge in [0.05, 0.1) is 6.04 Å². The topological polar surface area (TPSA) is 12.0 Å². The standard InChI is InChI=1S/C16H16ClN/c1-11-2-7-15-13(10-11)8-9-18-16(15)12-3-5-14(17)6-4-12/h2-7,10,16,18H,8-9H2,1H3. The van der Waals surface area contributed by atoms with Gasteiger partial charge in [0.15, 0.2) is 0 Å². The largest absolute Gasteiger partial charge is 0.306 e. The Hall–Kier alpha value is -1.31. The Balaban J connectivity index is 2.03. The minimum Gasteiger partial charge on any atom is -0.306 e. The van der Waals surface area contributed by atoms with Crippen molar-refractivity contribution in [2.75, 3.05) is 6.54 Å². The van der Waals surface area contributed by atoms with Crippen LogP contribution in [0.4, 0.5) is 0 Å². The number of benzene rings is 2. The van der Waals surface area contributed by atoms with E-state index in [1.807, 2.05) is 12.1 Å². The van der Waals surface area contributed by atoms with Crippen molar-refractivity contribution in [3.63, 3.8) is 0 Å². The molecule has 1 atom stereocenters. The lowest BCUT2D eigenvalue weighted by Gasteiger charge is -2.27. The third-order valence-electron chi connectivity index (χ3n) is 3.56. The summed E-state index contributed by atoms with van der Waals surface area (Å²) in [6, 6.07) is 15.2. The molecule has 0 radical (unpaired) electrons. The second-order valence-electron chi connectivity index (χ2n) is 4.89. The van der Waals surface area contributed by atoms with Crippen molar-refractivity contribution < 1.29 is 0 Å². The molecule has 0 saturated carbocycles. The predicted molar refractivity (Wildman–Crippen MR) is 76.2 cm³/mol. The van der Waals surface area contributed by atoms with E-state index in [-0.39, 0.29) is 0 Å². The van der Waals surface area contributed by atoms with Gasteiger partial charge >= 0.3 is 0 Å². The van der Waals surface area contributed by atoms with Gasteiger partial charge in [-0.15, -0.1) is 0 Å². The molecule has 1 unspecified atom stereocenters. The molecule has 0 amide bonds. The van der Waals surface area contributed by atoms with Crippen LogP contribution in [-0.4, -0.2) is 6.54 Å². The zero-order valence-corrected chi connectivity index (χ0v) is 11.2. The molecule has 18 heavy (non-hydrogen) atoms. The van der Waals surface area contributed by atoms with Gasteiger partial charge in [-0.25, -0.2) is 0 Å². The number of aryl methyl sites for hydroxylation is 1. The molecule has 1 aliphatic heterocycles. The molecular formula is C16H16ClN. The molecule has 0 aromatic heterocycles. The Kier molecular flexibility index (Phi) is 3.11. The Labute approximate surface area is 113 Å². The first-order valence-corrected chi connectivity index (χ1v) is 6.70. The fourth-order valence-electron chi connectivity index (χ4n) is 2.65. The number of rotatable bonds is 1. The summed E-state index contributed by atoms with van der Waals surface area (Å²) in [6.45, 7) is 3.18. The van der Waals surface area contributed by atoms with Crippen molar-refractivity contribution in [2.45, 2.75) is 19.4 Å². The number of nitrogens with one attached hydrogen (secondary N) is 1. The monoisotopic (exact) mass is 257 g/mol. The summed E-state index contributed by atoms with van der Waals surface area (Å²) in [5, 5.41) is 4.38. The van der Waals surface area contributed by atoms with Crippen LogP contribution in [0.5, 0.6) is 0 Å². The van der Waals surface area contributed by atoms with Crippen LogP contribution in [0.3, 0.4) is 0 Å². The maximum absolute atomic E-state index is 5.95. The Bertz CT molecular complexity index is 560. The number of fused-ring (bicyclic) bond motifs is 1. The molecule has 0 aliphatic carbocycles. The lowest BCUT2D eigenvalue weighted by Crippen LogP contribution is -2.30. The van der Waals surface area contributed by atoms with Crippen molar-refractivity contribution in [1.82, 2.24) is 5.32 Å². The molecule has 2 heteroatoms. The van der Waals surface area contributed by atoms with Crippen LogP contribution in [0.15, 0.2) is 42.5 Å². The lowest BCUT2D eigenvalue weighted by atomic mass is 9.89. The van der Waals surface area contributed by atoms with Gasteiger partial charge in [-0.3, -0.25) is 0 Å². The number of hydrogen-bond donors (Lipinski definition) is 1. The molecular weight excluding hydrogens is 242 g/mol. The second kappa shape index (κ2) is 4.75. The third kappa shape index (κ3) is 2.16. The predicted octanol–water partition coefficient (Wildman–Crippen LogP) is 3.88. The third-order valence-corrected chi connectivity index (χ3v) is 3.81. The minimum absolute atomic E-state index is 0.298. The summed E-state index contributed by atoms with van der Waals surface area (Å²) in [6.07, 6.45) is 1.11. The van der Waals surface area contributed by atoms with E-state index in [4.69, 9.17) is 11.6 Å². The normalized spacial score (nSPS) is 18.4. The van der Waals surface area contributed by atoms with Gasteiger partial charge in [0.2, 0.25) is 0 Å². The van der Waals surface area contributed by atoms with E-state index in [1.165, 1.54) is 22.3 Å². The maximum Gasteiger partial charge on any atom is 0.0579 e. The van der Waals surface area contributed by atoms with E-state index in [9.17, 15) is 0 Å². The Morgan fingerprint density at radius 1 is 1.11 bits per heavy atom. The van der Waals surface area contributed by atoms with Crippen molar-refractivity contribution >= 4 is 11.6 Å². The minimum atomic E-state index is 0.298. The van der Waals surface area contributed by atoms with Crippen LogP contribution < -0.4 is 5.32 Å². The summed E-state index contributed by atoms with van der Waals surface area (Å²) in [5.74, 6) is 0. The van der Waals surface area contributed by atoms with Crippen LogP contribution in [-0.2, 0) is 6.42 Å². The molecule has 0 bridgehead atoms. The van der Waals surface area contributed by atoms with Gasteiger partial charge < -0.3 is 5.32 Å². The Morgan fingerprint density at radius 3 is 2.67 bits per heavy atom. The SMILES string of the molecule is Cc1ccc2c(c1)CCNC2c1ccc(Cl)cc1. The number of hydrogen-bond acceptors (Lipinski definition) is 1. The lowest BCUT2D eigenvalue weighted by molar-refractivity contribution is 0.567. The van der Waals surface area contributed by atoms with Gasteiger partial charge in [-0.2, -0.15) is 0 Å². The van der Waals surface area contributed by atoms with E-state index >= 15 is 0 Å². The van der Waals surface area contributed by atoms with Crippen molar-refractivity contribution in [1.29, 1.82) is 0 Å². The molecule has 2 aromatic carbocycles. The van der Waals surface area contributed by atoms with E-state index in [2.05, 4.69) is 42.6 Å². The molecule has 3 rings (SSSR count). The van der Waals surface area contributed by atoms with Gasteiger partial charge in [-0.05, 0) is 42.2 Å². The maximum atomic E-state index is 5.95. The molecule has 0 saturated heterocycles. The van der Waals surface area contributed by atoms with Crippen LogP contribution >= 0.6 is 11.6 Å². The highest BCUT2D eigenvalue weighted by atomic mass is 35.5. The second-order valence-corrected chi connectivity index (χ2v) is 5.33. The number of halogens is 1. The van der Waals surface area contributed by atoms with Gasteiger partial charge in [-0.1, -0.05) is 47.5 Å². The molecule has 1 N–H and O–H groups in total. The molecule has 1 heterocycles. The molecule has 1 aliphatic rings. The molecule has 92 valence electrons. The fourth-order valence-corrected chi connectivity index (χ4v) is 2.77. The zero-order chi connectivity index (χ0) is 12.5. The molecule has 0 fully saturated rings. The van der Waals surface area contributed by atoms with Crippen LogP contribution in [0, 0.1) is 6.92 Å². The summed E-state index contributed by atoms with van der Waals surface area (Å²) in [4.78, 5) is 0. The van der Waals surface area contributed by atoms with Gasteiger partial charge in [0.25, 0.3) is 0 Å². The highest BCUT2D eigenvalue weighted by Gasteiger charge is 2.20. The van der Waals surface area contributed by atoms with Crippen LogP contribution in [0.1, 0.15) is 28.3 Å². The smallest absolute Gasteiger partial charge is 0.0579 e. The molecule has 2 aromatic rings. The summed E-state index contributed by atoms with van der Waals surface area (Å²) < 4.78 is 0. The van der Waals surface area contributed by atoms with Gasteiger partial charge in [0.1, 0.15) is 0 Å². The highest BCUT2D eigenvalue weighted by Crippen LogP contribution is 2.29. The summed E-state index contributed by atoms with van der Waals surface area (Å²) >= 11 is 5.95. The van der Waals surface area contributed by atoms with E-state index in [0.29, 0.717) is 6.04 Å². The zero-order valence-electron chi connectivity index (χ0n) is 10.4. The van der Waals surface area contributed by atoms with E-state index < -0.39 is 0 Å². The first-order chi connectivity index (χ1) is 8.74. The van der Waals surface area contributed by atoms with Crippen LogP contribution in [0.2, 0.25) is 5.02 Å². The van der Waals surface area contributed by atoms with Crippen LogP contribution in [0.25, 0.3) is 0 Å². The summed E-state index contributed by atoms with van der Waals surface area (Å²) in [7, 11) is 0. The highest BCUT2D eigenvalue weighted by molar-refractivity contribution is 6.30. The molecule has 1 nitrogen and oxygen atoms in total.